The van der Waals surface area contributed by atoms with Crippen LogP contribution in [0.15, 0.2) is 73.1 Å². The van der Waals surface area contributed by atoms with Crippen LogP contribution in [0.25, 0.3) is 17.0 Å². The fourth-order valence-corrected chi connectivity index (χ4v) is 3.56. The molecule has 2 heterocycles. The van der Waals surface area contributed by atoms with E-state index in [9.17, 15) is 14.4 Å². The minimum absolute atomic E-state index is 0.0786. The van der Waals surface area contributed by atoms with Crippen LogP contribution in [0, 0.1) is 0 Å². The summed E-state index contributed by atoms with van der Waals surface area (Å²) in [5.74, 6) is -0.619. The number of imide groups is 1. The Morgan fingerprint density at radius 1 is 1.13 bits per heavy atom. The number of hydrogen-bond acceptors (Lipinski definition) is 3. The lowest BCUT2D eigenvalue weighted by Crippen LogP contribution is -2.30. The number of rotatable bonds is 6. The Morgan fingerprint density at radius 3 is 2.61 bits per heavy atom. The van der Waals surface area contributed by atoms with Crippen LogP contribution in [-0.2, 0) is 16.1 Å². The molecule has 7 nitrogen and oxygen atoms in total. The van der Waals surface area contributed by atoms with Crippen molar-refractivity contribution in [2.45, 2.75) is 6.54 Å². The Kier molecular flexibility index (Phi) is 5.60. The van der Waals surface area contributed by atoms with Crippen LogP contribution in [0.1, 0.15) is 5.56 Å². The molecule has 4 amide bonds. The summed E-state index contributed by atoms with van der Waals surface area (Å²) >= 11 is 5.88. The maximum Gasteiger partial charge on any atom is 0.329 e. The van der Waals surface area contributed by atoms with Gasteiger partial charge in [0.2, 0.25) is 5.91 Å². The van der Waals surface area contributed by atoms with Crippen LogP contribution < -0.4 is 10.6 Å². The molecule has 0 aliphatic carbocycles. The number of carbonyl (C=O) groups is 3. The average molecular weight is 435 g/mol. The molecule has 1 fully saturated rings. The van der Waals surface area contributed by atoms with Gasteiger partial charge in [0, 0.05) is 39.9 Å². The van der Waals surface area contributed by atoms with Crippen LogP contribution in [-0.4, -0.2) is 33.9 Å². The molecule has 2 aromatic carbocycles. The van der Waals surface area contributed by atoms with Gasteiger partial charge in [0.25, 0.3) is 5.91 Å². The lowest BCUT2D eigenvalue weighted by atomic mass is 10.1. The third-order valence-corrected chi connectivity index (χ3v) is 5.09. The Balaban J connectivity index is 1.61. The van der Waals surface area contributed by atoms with Gasteiger partial charge in [-0.2, -0.15) is 0 Å². The lowest BCUT2D eigenvalue weighted by Gasteiger charge is -2.07. The molecule has 3 aromatic rings. The van der Waals surface area contributed by atoms with Crippen LogP contribution in [0.3, 0.4) is 0 Å². The van der Waals surface area contributed by atoms with E-state index >= 15 is 0 Å². The van der Waals surface area contributed by atoms with E-state index in [0.717, 1.165) is 21.4 Å². The van der Waals surface area contributed by atoms with Crippen molar-refractivity contribution in [2.24, 2.45) is 0 Å². The number of fused-ring (bicyclic) bond motifs is 1. The van der Waals surface area contributed by atoms with E-state index in [1.165, 1.54) is 6.08 Å². The first kappa shape index (κ1) is 20.4. The number of hydrogen-bond donors (Lipinski definition) is 2. The molecule has 31 heavy (non-hydrogen) atoms. The van der Waals surface area contributed by atoms with Gasteiger partial charge >= 0.3 is 6.03 Å². The Labute approximate surface area is 183 Å². The molecule has 0 spiro atoms. The van der Waals surface area contributed by atoms with E-state index in [4.69, 9.17) is 11.6 Å². The summed E-state index contributed by atoms with van der Waals surface area (Å²) in [5.41, 5.74) is 2.38. The van der Waals surface area contributed by atoms with Crippen LogP contribution in [0.5, 0.6) is 0 Å². The van der Waals surface area contributed by atoms with Gasteiger partial charge in [-0.1, -0.05) is 35.9 Å². The third-order valence-electron chi connectivity index (χ3n) is 4.84. The van der Waals surface area contributed by atoms with E-state index < -0.39 is 11.9 Å². The third kappa shape index (κ3) is 4.22. The van der Waals surface area contributed by atoms with Gasteiger partial charge in [-0.05, 0) is 36.4 Å². The molecular formula is C23H19ClN4O3. The molecule has 8 heteroatoms. The molecular weight excluding hydrogens is 416 g/mol. The zero-order chi connectivity index (χ0) is 22.0. The molecule has 0 bridgehead atoms. The standard InChI is InChI=1S/C23H19ClN4O3/c1-2-11-28-22(30)19(26-23(28)31)12-15-13-27(20-6-4-3-5-18(15)20)14-21(29)25-17-9-7-16(24)8-10-17/h2-10,12-13H,1,11,14H2,(H,25,29)(H,26,31)/b19-12+. The van der Waals surface area contributed by atoms with Crippen LogP contribution in [0.4, 0.5) is 10.5 Å². The fourth-order valence-electron chi connectivity index (χ4n) is 3.43. The number of para-hydroxylation sites is 1. The van der Waals surface area contributed by atoms with E-state index in [2.05, 4.69) is 17.2 Å². The Hall–Kier alpha value is -3.84. The van der Waals surface area contributed by atoms with Gasteiger partial charge in [-0.25, -0.2) is 4.79 Å². The first-order valence-corrected chi connectivity index (χ1v) is 9.93. The van der Waals surface area contributed by atoms with Crippen molar-refractivity contribution >= 4 is 52.1 Å². The number of nitrogens with one attached hydrogen (secondary N) is 2. The van der Waals surface area contributed by atoms with Gasteiger partial charge in [-0.3, -0.25) is 14.5 Å². The second-order valence-corrected chi connectivity index (χ2v) is 7.41. The Bertz CT molecular complexity index is 1230. The molecule has 1 aromatic heterocycles. The summed E-state index contributed by atoms with van der Waals surface area (Å²) in [6.45, 7) is 3.78. The number of urea groups is 1. The largest absolute Gasteiger partial charge is 0.337 e. The highest BCUT2D eigenvalue weighted by molar-refractivity contribution is 6.30. The van der Waals surface area contributed by atoms with Gasteiger partial charge in [0.1, 0.15) is 12.2 Å². The molecule has 4 rings (SSSR count). The molecule has 2 N–H and O–H groups in total. The van der Waals surface area contributed by atoms with Crippen molar-refractivity contribution < 1.29 is 14.4 Å². The summed E-state index contributed by atoms with van der Waals surface area (Å²) in [6.07, 6.45) is 4.90. The minimum Gasteiger partial charge on any atom is -0.337 e. The predicted molar refractivity (Wildman–Crippen MR) is 120 cm³/mol. The number of nitrogens with zero attached hydrogens (tertiary/aromatic N) is 2. The summed E-state index contributed by atoms with van der Waals surface area (Å²) in [5, 5.41) is 6.88. The van der Waals surface area contributed by atoms with E-state index in [0.29, 0.717) is 10.7 Å². The van der Waals surface area contributed by atoms with Gasteiger partial charge in [0.15, 0.2) is 0 Å². The zero-order valence-electron chi connectivity index (χ0n) is 16.5. The van der Waals surface area contributed by atoms with Crippen molar-refractivity contribution in [3.63, 3.8) is 0 Å². The Morgan fingerprint density at radius 2 is 1.87 bits per heavy atom. The zero-order valence-corrected chi connectivity index (χ0v) is 17.2. The number of carbonyl (C=O) groups excluding carboxylic acids is 3. The number of aromatic nitrogens is 1. The maximum absolute atomic E-state index is 12.6. The van der Waals surface area contributed by atoms with Gasteiger partial charge < -0.3 is 15.2 Å². The van der Waals surface area contributed by atoms with E-state index in [1.54, 1.807) is 41.1 Å². The highest BCUT2D eigenvalue weighted by Gasteiger charge is 2.32. The molecule has 1 aliphatic heterocycles. The summed E-state index contributed by atoms with van der Waals surface area (Å²) in [6, 6.07) is 13.9. The summed E-state index contributed by atoms with van der Waals surface area (Å²) in [4.78, 5) is 38.2. The average Bonchev–Trinajstić information content (AvgIpc) is 3.22. The number of benzene rings is 2. The second-order valence-electron chi connectivity index (χ2n) is 6.98. The van der Waals surface area contributed by atoms with Crippen molar-refractivity contribution in [2.75, 3.05) is 11.9 Å². The first-order chi connectivity index (χ1) is 15.0. The normalized spacial score (nSPS) is 14.9. The van der Waals surface area contributed by atoms with Crippen LogP contribution in [0.2, 0.25) is 5.02 Å². The molecule has 1 aliphatic rings. The van der Waals surface area contributed by atoms with E-state index in [1.807, 2.05) is 24.3 Å². The van der Waals surface area contributed by atoms with Gasteiger partial charge in [0.05, 0.1) is 0 Å². The van der Waals surface area contributed by atoms with Crippen LogP contribution >= 0.6 is 11.6 Å². The molecule has 0 saturated carbocycles. The highest BCUT2D eigenvalue weighted by Crippen LogP contribution is 2.25. The lowest BCUT2D eigenvalue weighted by molar-refractivity contribution is -0.122. The molecule has 0 radical (unpaired) electrons. The van der Waals surface area contributed by atoms with Crippen molar-refractivity contribution in [1.29, 1.82) is 0 Å². The minimum atomic E-state index is -0.484. The van der Waals surface area contributed by atoms with Crippen molar-refractivity contribution in [3.8, 4) is 0 Å². The molecule has 0 unspecified atom stereocenters. The summed E-state index contributed by atoms with van der Waals surface area (Å²) < 4.78 is 1.80. The van der Waals surface area contributed by atoms with Crippen molar-refractivity contribution in [3.05, 3.63) is 83.7 Å². The monoisotopic (exact) mass is 434 g/mol. The molecule has 156 valence electrons. The summed E-state index contributed by atoms with van der Waals surface area (Å²) in [7, 11) is 0. The van der Waals surface area contributed by atoms with Gasteiger partial charge in [-0.15, -0.1) is 6.58 Å². The number of halogens is 1. The highest BCUT2D eigenvalue weighted by atomic mass is 35.5. The predicted octanol–water partition coefficient (Wildman–Crippen LogP) is 4.01. The van der Waals surface area contributed by atoms with E-state index in [-0.39, 0.29) is 24.7 Å². The quantitative estimate of drug-likeness (QED) is 0.349. The first-order valence-electron chi connectivity index (χ1n) is 9.55. The SMILES string of the molecule is C=CCN1C(=O)N/C(=C/c2cn(CC(=O)Nc3ccc(Cl)cc3)c3ccccc23)C1=O. The maximum atomic E-state index is 12.6. The molecule has 1 saturated heterocycles. The second kappa shape index (κ2) is 8.49. The van der Waals surface area contributed by atoms with Crippen molar-refractivity contribution in [1.82, 2.24) is 14.8 Å². The number of anilines is 1. The fraction of sp³-hybridized carbons (Fsp3) is 0.0870. The molecule has 0 atom stereocenters. The smallest absolute Gasteiger partial charge is 0.329 e. The number of amides is 4. The topological polar surface area (TPSA) is 83.4 Å².